The Morgan fingerprint density at radius 2 is 1.14 bits per heavy atom. The Kier molecular flexibility index (Phi) is 2.05. The van der Waals surface area contributed by atoms with Crippen molar-refractivity contribution < 1.29 is 39.9 Å². The summed E-state index contributed by atoms with van der Waals surface area (Å²) in [5.74, 6) is 0. The van der Waals surface area contributed by atoms with Gasteiger partial charge in [0.15, 0.2) is 0 Å². The summed E-state index contributed by atoms with van der Waals surface area (Å²) in [5.41, 5.74) is -4.72. The zero-order valence-electron chi connectivity index (χ0n) is 6.14. The molecule has 1 aliphatic rings. The second-order valence-electron chi connectivity index (χ2n) is 2.74. The van der Waals surface area contributed by atoms with Gasteiger partial charge in [-0.2, -0.15) is 35.1 Å². The van der Waals surface area contributed by atoms with E-state index in [2.05, 4.69) is 4.74 Å². The second-order valence-corrected chi connectivity index (χ2v) is 2.74. The standard InChI is InChI=1S/C5H2F8O/c6-3(7)1-2(14-3,4(8,9)10)5(11,12)13/h1H2. The molecular formula is C5H2F8O. The second kappa shape index (κ2) is 2.50. The molecule has 1 aliphatic heterocycles. The molecule has 0 bridgehead atoms. The third-order valence-corrected chi connectivity index (χ3v) is 1.69. The molecule has 1 rings (SSSR count). The van der Waals surface area contributed by atoms with E-state index in [1.807, 2.05) is 0 Å². The molecule has 84 valence electrons. The van der Waals surface area contributed by atoms with E-state index in [1.54, 1.807) is 0 Å². The molecule has 1 saturated heterocycles. The van der Waals surface area contributed by atoms with Crippen molar-refractivity contribution >= 4 is 0 Å². The molecule has 0 aromatic heterocycles. The van der Waals surface area contributed by atoms with Gasteiger partial charge in [0.25, 0.3) is 5.60 Å². The largest absolute Gasteiger partial charge is 0.427 e. The molecule has 0 saturated carbocycles. The highest BCUT2D eigenvalue weighted by molar-refractivity contribution is 5.04. The Bertz CT molecular complexity index is 213. The smallest absolute Gasteiger partial charge is 0.294 e. The highest BCUT2D eigenvalue weighted by atomic mass is 19.4. The van der Waals surface area contributed by atoms with Crippen LogP contribution in [0.3, 0.4) is 0 Å². The SMILES string of the molecule is FC1(F)CC(C(F)(F)F)(C(F)(F)F)O1. The van der Waals surface area contributed by atoms with Crippen LogP contribution in [0.1, 0.15) is 6.42 Å². The molecule has 1 nitrogen and oxygen atoms in total. The molecule has 0 atom stereocenters. The maximum atomic E-state index is 11.9. The van der Waals surface area contributed by atoms with Gasteiger partial charge in [0, 0.05) is 0 Å². The Hall–Kier alpha value is -0.600. The molecule has 14 heavy (non-hydrogen) atoms. The lowest BCUT2D eigenvalue weighted by Crippen LogP contribution is -2.70. The maximum absolute atomic E-state index is 11.9. The summed E-state index contributed by atoms with van der Waals surface area (Å²) in [6.45, 7) is 0. The monoisotopic (exact) mass is 230 g/mol. The lowest BCUT2D eigenvalue weighted by Gasteiger charge is -2.47. The lowest BCUT2D eigenvalue weighted by molar-refractivity contribution is -0.515. The maximum Gasteiger partial charge on any atom is 0.427 e. The highest BCUT2D eigenvalue weighted by Crippen LogP contribution is 2.59. The van der Waals surface area contributed by atoms with Gasteiger partial charge in [-0.25, -0.2) is 0 Å². The predicted molar refractivity (Wildman–Crippen MR) is 25.5 cm³/mol. The topological polar surface area (TPSA) is 9.23 Å². The summed E-state index contributed by atoms with van der Waals surface area (Å²) in [4.78, 5) is 0. The van der Waals surface area contributed by atoms with Gasteiger partial charge < -0.3 is 0 Å². The van der Waals surface area contributed by atoms with Crippen LogP contribution in [0.25, 0.3) is 0 Å². The first-order valence-electron chi connectivity index (χ1n) is 3.13. The molecule has 0 N–H and O–H groups in total. The van der Waals surface area contributed by atoms with E-state index in [0.29, 0.717) is 0 Å². The van der Waals surface area contributed by atoms with Crippen LogP contribution in [0, 0.1) is 0 Å². The molecule has 9 heteroatoms. The van der Waals surface area contributed by atoms with Crippen LogP contribution in [0.15, 0.2) is 0 Å². The molecule has 1 fully saturated rings. The average Bonchev–Trinajstić information content (AvgIpc) is 1.75. The third-order valence-electron chi connectivity index (χ3n) is 1.69. The zero-order valence-corrected chi connectivity index (χ0v) is 6.14. The first kappa shape index (κ1) is 11.5. The molecule has 1 heterocycles. The minimum absolute atomic E-state index is 2.42. The normalized spacial score (nSPS) is 25.7. The zero-order chi connectivity index (χ0) is 11.4. The Labute approximate surface area is 71.6 Å². The molecule has 0 amide bonds. The predicted octanol–water partition coefficient (Wildman–Crippen LogP) is 2.86. The van der Waals surface area contributed by atoms with Crippen molar-refractivity contribution in [2.75, 3.05) is 0 Å². The van der Waals surface area contributed by atoms with E-state index >= 15 is 0 Å². The Morgan fingerprint density at radius 3 is 1.21 bits per heavy atom. The number of ether oxygens (including phenoxy) is 1. The fourth-order valence-electron chi connectivity index (χ4n) is 1.01. The minimum Gasteiger partial charge on any atom is -0.294 e. The molecule has 0 unspecified atom stereocenters. The van der Waals surface area contributed by atoms with Gasteiger partial charge >= 0.3 is 18.5 Å². The molecule has 0 aliphatic carbocycles. The van der Waals surface area contributed by atoms with Crippen molar-refractivity contribution in [2.45, 2.75) is 30.5 Å². The average molecular weight is 230 g/mol. The number of hydrogen-bond donors (Lipinski definition) is 0. The van der Waals surface area contributed by atoms with Crippen molar-refractivity contribution in [3.63, 3.8) is 0 Å². The van der Waals surface area contributed by atoms with Crippen LogP contribution in [-0.4, -0.2) is 24.1 Å². The van der Waals surface area contributed by atoms with Crippen LogP contribution in [0.2, 0.25) is 0 Å². The number of halogens is 8. The van der Waals surface area contributed by atoms with Crippen LogP contribution < -0.4 is 0 Å². The van der Waals surface area contributed by atoms with E-state index < -0.39 is 30.5 Å². The van der Waals surface area contributed by atoms with Crippen molar-refractivity contribution in [1.29, 1.82) is 0 Å². The summed E-state index contributed by atoms with van der Waals surface area (Å²) in [6.07, 6.45) is -18.6. The third kappa shape index (κ3) is 1.43. The molecule has 0 radical (unpaired) electrons. The van der Waals surface area contributed by atoms with Gasteiger partial charge in [-0.15, -0.1) is 0 Å². The summed E-state index contributed by atoms with van der Waals surface area (Å²) < 4.78 is 97.3. The first-order chi connectivity index (χ1) is 5.91. The van der Waals surface area contributed by atoms with E-state index in [4.69, 9.17) is 0 Å². The van der Waals surface area contributed by atoms with Gasteiger partial charge in [-0.05, 0) is 0 Å². The van der Waals surface area contributed by atoms with Gasteiger partial charge in [-0.1, -0.05) is 0 Å². The summed E-state index contributed by atoms with van der Waals surface area (Å²) in [7, 11) is 0. The number of rotatable bonds is 0. The summed E-state index contributed by atoms with van der Waals surface area (Å²) >= 11 is 0. The van der Waals surface area contributed by atoms with Gasteiger partial charge in [0.2, 0.25) is 0 Å². The first-order valence-corrected chi connectivity index (χ1v) is 3.13. The number of alkyl halides is 8. The summed E-state index contributed by atoms with van der Waals surface area (Å²) in [6, 6.07) is 0. The Balaban J connectivity index is 2.99. The van der Waals surface area contributed by atoms with Gasteiger partial charge in [0.1, 0.15) is 0 Å². The van der Waals surface area contributed by atoms with Crippen LogP contribution in [-0.2, 0) is 4.74 Å². The van der Waals surface area contributed by atoms with Crippen molar-refractivity contribution in [1.82, 2.24) is 0 Å². The fraction of sp³-hybridized carbons (Fsp3) is 1.00. The number of hydrogen-bond acceptors (Lipinski definition) is 1. The van der Waals surface area contributed by atoms with Crippen molar-refractivity contribution in [3.8, 4) is 0 Å². The highest BCUT2D eigenvalue weighted by Gasteiger charge is 2.83. The van der Waals surface area contributed by atoms with Gasteiger partial charge in [0.05, 0.1) is 6.42 Å². The quantitative estimate of drug-likeness (QED) is 0.581. The molecule has 0 aromatic carbocycles. The van der Waals surface area contributed by atoms with E-state index in [-0.39, 0.29) is 0 Å². The molecular weight excluding hydrogens is 228 g/mol. The molecule has 0 spiro atoms. The van der Waals surface area contributed by atoms with Gasteiger partial charge in [-0.3, -0.25) is 4.74 Å². The minimum atomic E-state index is -5.90. The summed E-state index contributed by atoms with van der Waals surface area (Å²) in [5, 5.41) is 0. The van der Waals surface area contributed by atoms with E-state index in [9.17, 15) is 35.1 Å². The Morgan fingerprint density at radius 1 is 0.857 bits per heavy atom. The fourth-order valence-corrected chi connectivity index (χ4v) is 1.01. The lowest BCUT2D eigenvalue weighted by atomic mass is 9.91. The van der Waals surface area contributed by atoms with E-state index in [1.165, 1.54) is 0 Å². The van der Waals surface area contributed by atoms with Crippen LogP contribution >= 0.6 is 0 Å². The van der Waals surface area contributed by atoms with Crippen LogP contribution in [0.4, 0.5) is 35.1 Å². The van der Waals surface area contributed by atoms with Crippen molar-refractivity contribution in [3.05, 3.63) is 0 Å². The van der Waals surface area contributed by atoms with E-state index in [0.717, 1.165) is 0 Å². The van der Waals surface area contributed by atoms with Crippen molar-refractivity contribution in [2.24, 2.45) is 0 Å². The van der Waals surface area contributed by atoms with Crippen LogP contribution in [0.5, 0.6) is 0 Å². The molecule has 0 aromatic rings.